The lowest BCUT2D eigenvalue weighted by Crippen LogP contribution is -2.25. The van der Waals surface area contributed by atoms with Gasteiger partial charge in [-0.2, -0.15) is 0 Å². The second-order valence-electron chi connectivity index (χ2n) is 8.40. The van der Waals surface area contributed by atoms with Crippen molar-refractivity contribution in [3.63, 3.8) is 0 Å². The van der Waals surface area contributed by atoms with Crippen molar-refractivity contribution < 1.29 is 9.18 Å². The highest BCUT2D eigenvalue weighted by molar-refractivity contribution is 7.98. The molecular weight excluding hydrogens is 471 g/mol. The lowest BCUT2D eigenvalue weighted by molar-refractivity contribution is 0.0954. The molecule has 5 aromatic rings. The van der Waals surface area contributed by atoms with Gasteiger partial charge in [-0.1, -0.05) is 72.4 Å². The molecule has 0 saturated carbocycles. The van der Waals surface area contributed by atoms with E-state index >= 15 is 0 Å². The maximum Gasteiger partial charge on any atom is 0.251 e. The Labute approximate surface area is 213 Å². The zero-order chi connectivity index (χ0) is 24.7. The number of fused-ring (bicyclic) bond motifs is 1. The summed E-state index contributed by atoms with van der Waals surface area (Å²) in [7, 11) is 0. The van der Waals surface area contributed by atoms with E-state index in [1.165, 1.54) is 23.4 Å². The molecule has 0 radical (unpaired) electrons. The van der Waals surface area contributed by atoms with E-state index in [-0.39, 0.29) is 11.7 Å². The molecule has 0 spiro atoms. The molecule has 0 aliphatic heterocycles. The van der Waals surface area contributed by atoms with Crippen LogP contribution in [-0.2, 0) is 18.7 Å². The number of nitrogens with one attached hydrogen (secondary N) is 1. The molecule has 5 rings (SSSR count). The number of pyridine rings is 1. The van der Waals surface area contributed by atoms with Crippen molar-refractivity contribution in [3.05, 3.63) is 125 Å². The lowest BCUT2D eigenvalue weighted by Gasteiger charge is -2.10. The molecular formula is C29H25FN4OS. The average molecular weight is 497 g/mol. The van der Waals surface area contributed by atoms with Crippen molar-refractivity contribution in [1.82, 2.24) is 19.9 Å². The molecule has 0 fully saturated rings. The van der Waals surface area contributed by atoms with E-state index in [0.717, 1.165) is 28.3 Å². The predicted octanol–water partition coefficient (Wildman–Crippen LogP) is 5.88. The van der Waals surface area contributed by atoms with E-state index in [2.05, 4.69) is 22.4 Å². The highest BCUT2D eigenvalue weighted by Crippen LogP contribution is 2.27. The average Bonchev–Trinajstić information content (AvgIpc) is 3.26. The summed E-state index contributed by atoms with van der Waals surface area (Å²) in [6, 6.07) is 28.2. The molecule has 0 unspecified atom stereocenters. The van der Waals surface area contributed by atoms with Crippen molar-refractivity contribution in [3.8, 4) is 0 Å². The molecule has 0 atom stereocenters. The predicted molar refractivity (Wildman–Crippen MR) is 142 cm³/mol. The summed E-state index contributed by atoms with van der Waals surface area (Å²) >= 11 is 1.48. The summed E-state index contributed by atoms with van der Waals surface area (Å²) in [6.07, 6.45) is 2.54. The number of hydrogen-bond acceptors (Lipinski definition) is 4. The Morgan fingerprint density at radius 3 is 2.47 bits per heavy atom. The van der Waals surface area contributed by atoms with Crippen LogP contribution in [0.25, 0.3) is 11.2 Å². The van der Waals surface area contributed by atoms with E-state index in [1.54, 1.807) is 18.3 Å². The van der Waals surface area contributed by atoms with Gasteiger partial charge in [0.05, 0.1) is 6.54 Å². The van der Waals surface area contributed by atoms with Gasteiger partial charge in [0.2, 0.25) is 0 Å². The molecule has 2 heterocycles. The smallest absolute Gasteiger partial charge is 0.251 e. The molecule has 36 heavy (non-hydrogen) atoms. The van der Waals surface area contributed by atoms with Gasteiger partial charge >= 0.3 is 0 Å². The minimum absolute atomic E-state index is 0.0895. The number of hydrogen-bond donors (Lipinski definition) is 1. The summed E-state index contributed by atoms with van der Waals surface area (Å²) in [6.45, 7) is 1.13. The van der Waals surface area contributed by atoms with Crippen LogP contribution in [0, 0.1) is 5.82 Å². The molecule has 0 saturated heterocycles. The van der Waals surface area contributed by atoms with E-state index in [9.17, 15) is 9.18 Å². The Morgan fingerprint density at radius 2 is 1.67 bits per heavy atom. The van der Waals surface area contributed by atoms with Crippen LogP contribution in [0.5, 0.6) is 0 Å². The van der Waals surface area contributed by atoms with Gasteiger partial charge in [0, 0.05) is 24.1 Å². The van der Waals surface area contributed by atoms with Crippen LogP contribution in [0.2, 0.25) is 0 Å². The van der Waals surface area contributed by atoms with Crippen molar-refractivity contribution in [2.24, 2.45) is 0 Å². The fourth-order valence-electron chi connectivity index (χ4n) is 3.96. The maximum absolute atomic E-state index is 14.1. The Bertz CT molecular complexity index is 1470. The summed E-state index contributed by atoms with van der Waals surface area (Å²) in [5, 5.41) is 3.76. The number of rotatable bonds is 9. The molecule has 7 heteroatoms. The molecule has 0 bridgehead atoms. The van der Waals surface area contributed by atoms with Crippen molar-refractivity contribution >= 4 is 28.8 Å². The van der Waals surface area contributed by atoms with E-state index < -0.39 is 0 Å². The largest absolute Gasteiger partial charge is 0.352 e. The molecule has 180 valence electrons. The zero-order valence-corrected chi connectivity index (χ0v) is 20.4. The van der Waals surface area contributed by atoms with Gasteiger partial charge in [-0.3, -0.25) is 9.36 Å². The van der Waals surface area contributed by atoms with Gasteiger partial charge < -0.3 is 5.32 Å². The third-order valence-electron chi connectivity index (χ3n) is 5.88. The lowest BCUT2D eigenvalue weighted by atomic mass is 10.1. The van der Waals surface area contributed by atoms with Crippen LogP contribution in [0.15, 0.2) is 102 Å². The quantitative estimate of drug-likeness (QED) is 0.259. The third-order valence-corrected chi connectivity index (χ3v) is 6.91. The molecule has 0 aliphatic carbocycles. The standard InChI is InChI=1S/C29H25FN4OS/c30-25-10-5-4-9-24(25)20-36-29-33-26-11-6-17-31-27(26)34(29)19-22-12-14-23(15-13-22)28(35)32-18-16-21-7-2-1-3-8-21/h1-15,17H,16,18-20H2,(H,32,35). The number of imidazole rings is 1. The number of carbonyl (C=O) groups is 1. The first-order valence-electron chi connectivity index (χ1n) is 11.8. The number of aromatic nitrogens is 3. The number of carbonyl (C=O) groups excluding carboxylic acids is 1. The molecule has 5 nitrogen and oxygen atoms in total. The summed E-state index contributed by atoms with van der Waals surface area (Å²) in [5.41, 5.74) is 5.04. The molecule has 2 aromatic heterocycles. The van der Waals surface area contributed by atoms with Gasteiger partial charge in [-0.05, 0) is 53.4 Å². The summed E-state index contributed by atoms with van der Waals surface area (Å²) < 4.78 is 16.2. The van der Waals surface area contributed by atoms with Gasteiger partial charge in [0.1, 0.15) is 11.3 Å². The monoisotopic (exact) mass is 496 g/mol. The Hall–Kier alpha value is -3.97. The number of amides is 1. The highest BCUT2D eigenvalue weighted by atomic mass is 32.2. The fraction of sp³-hybridized carbons (Fsp3) is 0.138. The van der Waals surface area contributed by atoms with Crippen LogP contribution in [0.1, 0.15) is 27.0 Å². The van der Waals surface area contributed by atoms with Gasteiger partial charge in [-0.15, -0.1) is 0 Å². The van der Waals surface area contributed by atoms with E-state index in [4.69, 9.17) is 4.98 Å². The van der Waals surface area contributed by atoms with Crippen LogP contribution < -0.4 is 5.32 Å². The first-order valence-corrected chi connectivity index (χ1v) is 12.7. The molecule has 3 aromatic carbocycles. The van der Waals surface area contributed by atoms with Crippen molar-refractivity contribution in [2.75, 3.05) is 6.54 Å². The van der Waals surface area contributed by atoms with Gasteiger partial charge in [-0.25, -0.2) is 14.4 Å². The molecule has 1 N–H and O–H groups in total. The first kappa shape index (κ1) is 23.8. The topological polar surface area (TPSA) is 59.8 Å². The number of halogens is 1. The number of benzene rings is 3. The Balaban J connectivity index is 1.27. The zero-order valence-electron chi connectivity index (χ0n) is 19.6. The second kappa shape index (κ2) is 11.2. The highest BCUT2D eigenvalue weighted by Gasteiger charge is 2.14. The van der Waals surface area contributed by atoms with E-state index in [0.29, 0.717) is 30.0 Å². The number of nitrogens with zero attached hydrogens (tertiary/aromatic N) is 3. The second-order valence-corrected chi connectivity index (χ2v) is 9.34. The minimum atomic E-state index is -0.219. The molecule has 1 amide bonds. The minimum Gasteiger partial charge on any atom is -0.352 e. The van der Waals surface area contributed by atoms with E-state index in [1.807, 2.05) is 65.2 Å². The van der Waals surface area contributed by atoms with Crippen LogP contribution in [0.3, 0.4) is 0 Å². The summed E-state index contributed by atoms with van der Waals surface area (Å²) in [5.74, 6) is 0.162. The molecule has 0 aliphatic rings. The normalized spacial score (nSPS) is 11.0. The number of thioether (sulfide) groups is 1. The third kappa shape index (κ3) is 5.63. The van der Waals surface area contributed by atoms with Crippen LogP contribution in [-0.4, -0.2) is 27.0 Å². The van der Waals surface area contributed by atoms with Gasteiger partial charge in [0.25, 0.3) is 5.91 Å². The summed E-state index contributed by atoms with van der Waals surface area (Å²) in [4.78, 5) is 21.8. The fourth-order valence-corrected chi connectivity index (χ4v) is 4.95. The Morgan fingerprint density at radius 1 is 0.889 bits per heavy atom. The van der Waals surface area contributed by atoms with Crippen LogP contribution >= 0.6 is 11.8 Å². The first-order chi connectivity index (χ1) is 17.7. The van der Waals surface area contributed by atoms with Gasteiger partial charge in [0.15, 0.2) is 10.8 Å². The van der Waals surface area contributed by atoms with Crippen molar-refractivity contribution in [1.29, 1.82) is 0 Å². The maximum atomic E-state index is 14.1. The Kier molecular flexibility index (Phi) is 7.38. The van der Waals surface area contributed by atoms with Crippen LogP contribution in [0.4, 0.5) is 4.39 Å². The SMILES string of the molecule is O=C(NCCc1ccccc1)c1ccc(Cn2c(SCc3ccccc3F)nc3cccnc32)cc1. The van der Waals surface area contributed by atoms with Crippen molar-refractivity contribution in [2.45, 2.75) is 23.9 Å².